The number of amidine groups is 1. The maximum absolute atomic E-state index is 11.5. The van der Waals surface area contributed by atoms with Gasteiger partial charge in [0.2, 0.25) is 0 Å². The third kappa shape index (κ3) is 3.32. The second-order valence-electron chi connectivity index (χ2n) is 5.49. The van der Waals surface area contributed by atoms with Crippen LogP contribution in [-0.2, 0) is 0 Å². The van der Waals surface area contributed by atoms with Crippen molar-refractivity contribution in [3.63, 3.8) is 0 Å². The van der Waals surface area contributed by atoms with Crippen LogP contribution < -0.4 is 0 Å². The second kappa shape index (κ2) is 7.51. The highest BCUT2D eigenvalue weighted by atomic mass is 79.9. The molecule has 2 aromatic carbocycles. The molecule has 0 aromatic heterocycles. The Bertz CT molecular complexity index is 626. The lowest BCUT2D eigenvalue weighted by molar-refractivity contribution is -0.0434. The first-order valence-electron chi connectivity index (χ1n) is 7.32. The topological polar surface area (TPSA) is 35.8 Å². The number of thioether (sulfide) groups is 1. The van der Waals surface area contributed by atoms with E-state index in [2.05, 4.69) is 29.3 Å². The van der Waals surface area contributed by atoms with Gasteiger partial charge in [0.25, 0.3) is 0 Å². The van der Waals surface area contributed by atoms with Crippen molar-refractivity contribution in [3.05, 3.63) is 71.8 Å². The highest BCUT2D eigenvalue weighted by molar-refractivity contribution is 8.93. The number of likely N-dealkylation sites (N-methyl/N-ethyl adjacent to an activating group) is 1. The number of rotatable bonds is 3. The minimum atomic E-state index is -0.984. The maximum atomic E-state index is 11.5. The van der Waals surface area contributed by atoms with E-state index in [0.717, 1.165) is 16.3 Å². The molecule has 0 bridgehead atoms. The van der Waals surface area contributed by atoms with E-state index in [0.29, 0.717) is 5.75 Å². The summed E-state index contributed by atoms with van der Waals surface area (Å²) in [4.78, 5) is 6.18. The van der Waals surface area contributed by atoms with E-state index in [1.54, 1.807) is 18.8 Å². The molecule has 0 aliphatic carbocycles. The fourth-order valence-electron chi connectivity index (χ4n) is 3.04. The zero-order valence-electron chi connectivity index (χ0n) is 13.2. The van der Waals surface area contributed by atoms with E-state index in [-0.39, 0.29) is 22.9 Å². The van der Waals surface area contributed by atoms with Crippen LogP contribution in [0.1, 0.15) is 17.0 Å². The van der Waals surface area contributed by atoms with Crippen molar-refractivity contribution in [1.29, 1.82) is 0 Å². The Morgan fingerprint density at radius 2 is 1.52 bits per heavy atom. The fourth-order valence-corrected chi connectivity index (χ4v) is 4.22. The summed E-state index contributed by atoms with van der Waals surface area (Å²) < 4.78 is 0. The summed E-state index contributed by atoms with van der Waals surface area (Å²) in [5.74, 6) is 0.483. The Labute approximate surface area is 152 Å². The minimum absolute atomic E-state index is 0. The van der Waals surface area contributed by atoms with Crippen molar-refractivity contribution < 1.29 is 5.11 Å². The summed E-state index contributed by atoms with van der Waals surface area (Å²) in [5, 5.41) is 12.3. The Kier molecular flexibility index (Phi) is 5.89. The normalized spacial score (nSPS) is 22.4. The lowest BCUT2D eigenvalue weighted by Crippen LogP contribution is -2.50. The molecule has 1 fully saturated rings. The SMILES string of the molecule is Br.C/N=C1/SCC(O)(C(c2ccccc2)c2ccccc2)N1C. The fraction of sp³-hybridized carbons (Fsp3) is 0.278. The summed E-state index contributed by atoms with van der Waals surface area (Å²) in [6.07, 6.45) is 0. The summed E-state index contributed by atoms with van der Waals surface area (Å²) in [6.45, 7) is 0. The molecule has 2 aromatic rings. The largest absolute Gasteiger partial charge is 0.369 e. The monoisotopic (exact) mass is 392 g/mol. The minimum Gasteiger partial charge on any atom is -0.369 e. The Balaban J connectivity index is 0.00000192. The van der Waals surface area contributed by atoms with Crippen LogP contribution in [0.25, 0.3) is 0 Å². The van der Waals surface area contributed by atoms with Crippen molar-refractivity contribution in [2.24, 2.45) is 4.99 Å². The zero-order chi connectivity index (χ0) is 15.6. The molecule has 5 heteroatoms. The Morgan fingerprint density at radius 3 is 1.91 bits per heavy atom. The van der Waals surface area contributed by atoms with Crippen molar-refractivity contribution in [2.75, 3.05) is 19.8 Å². The summed E-state index contributed by atoms with van der Waals surface area (Å²) in [7, 11) is 3.69. The molecule has 0 saturated carbocycles. The van der Waals surface area contributed by atoms with Crippen molar-refractivity contribution in [2.45, 2.75) is 11.6 Å². The number of nitrogens with zero attached hydrogens (tertiary/aromatic N) is 2. The molecule has 1 heterocycles. The molecule has 122 valence electrons. The molecule has 1 aliphatic heterocycles. The molecule has 1 N–H and O–H groups in total. The van der Waals surface area contributed by atoms with Gasteiger partial charge in [-0.3, -0.25) is 4.99 Å². The van der Waals surface area contributed by atoms with Gasteiger partial charge in [-0.2, -0.15) is 0 Å². The summed E-state index contributed by atoms with van der Waals surface area (Å²) in [5.41, 5.74) is 1.24. The van der Waals surface area contributed by atoms with Crippen LogP contribution in [-0.4, -0.2) is 40.7 Å². The highest BCUT2D eigenvalue weighted by Crippen LogP contribution is 2.43. The van der Waals surface area contributed by atoms with E-state index in [9.17, 15) is 5.11 Å². The van der Waals surface area contributed by atoms with Gasteiger partial charge in [0.15, 0.2) is 10.9 Å². The molecule has 1 aliphatic rings. The van der Waals surface area contributed by atoms with Crippen molar-refractivity contribution >= 4 is 33.9 Å². The predicted octanol–water partition coefficient (Wildman–Crippen LogP) is 3.75. The number of aliphatic hydroxyl groups is 1. The van der Waals surface area contributed by atoms with Gasteiger partial charge < -0.3 is 10.0 Å². The number of hydrogen-bond donors (Lipinski definition) is 1. The van der Waals surface area contributed by atoms with Gasteiger partial charge in [0, 0.05) is 19.8 Å². The second-order valence-corrected chi connectivity index (χ2v) is 6.43. The van der Waals surface area contributed by atoms with Gasteiger partial charge >= 0.3 is 0 Å². The van der Waals surface area contributed by atoms with E-state index in [1.807, 2.05) is 48.3 Å². The van der Waals surface area contributed by atoms with E-state index in [4.69, 9.17) is 0 Å². The van der Waals surface area contributed by atoms with E-state index < -0.39 is 5.72 Å². The molecule has 1 atom stereocenters. The molecule has 3 rings (SSSR count). The van der Waals surface area contributed by atoms with Gasteiger partial charge in [0.1, 0.15) is 0 Å². The third-order valence-corrected chi connectivity index (χ3v) is 5.48. The number of hydrogen-bond acceptors (Lipinski definition) is 3. The standard InChI is InChI=1S/C18H20N2OS.BrH/c1-19-17-20(2)18(21,13-22-17)16(14-9-5-3-6-10-14)15-11-7-4-8-12-15;/h3-12,16,21H,13H2,1-2H3;1H/b19-17+;. The first-order chi connectivity index (χ1) is 10.7. The first kappa shape index (κ1) is 18.0. The summed E-state index contributed by atoms with van der Waals surface area (Å²) >= 11 is 1.60. The first-order valence-corrected chi connectivity index (χ1v) is 8.31. The zero-order valence-corrected chi connectivity index (χ0v) is 15.7. The van der Waals surface area contributed by atoms with Crippen LogP contribution in [0.15, 0.2) is 65.7 Å². The lowest BCUT2D eigenvalue weighted by Gasteiger charge is -2.38. The van der Waals surface area contributed by atoms with Gasteiger partial charge in [-0.25, -0.2) is 0 Å². The Morgan fingerprint density at radius 1 is 1.04 bits per heavy atom. The van der Waals surface area contributed by atoms with E-state index >= 15 is 0 Å². The van der Waals surface area contributed by atoms with E-state index in [1.165, 1.54) is 0 Å². The van der Waals surface area contributed by atoms with Crippen molar-refractivity contribution in [1.82, 2.24) is 4.90 Å². The smallest absolute Gasteiger partial charge is 0.161 e. The van der Waals surface area contributed by atoms with Crippen LogP contribution in [0.3, 0.4) is 0 Å². The van der Waals surface area contributed by atoms with Crippen LogP contribution in [0.2, 0.25) is 0 Å². The molecular formula is C18H21BrN2OS. The molecule has 0 amide bonds. The quantitative estimate of drug-likeness (QED) is 0.863. The number of halogens is 1. The maximum Gasteiger partial charge on any atom is 0.161 e. The molecular weight excluding hydrogens is 372 g/mol. The number of aliphatic imine (C=N–C) groups is 1. The van der Waals surface area contributed by atoms with Crippen LogP contribution in [0, 0.1) is 0 Å². The number of benzene rings is 2. The lowest BCUT2D eigenvalue weighted by atomic mass is 9.82. The summed E-state index contributed by atoms with van der Waals surface area (Å²) in [6, 6.07) is 20.4. The molecule has 0 spiro atoms. The molecule has 3 nitrogen and oxygen atoms in total. The molecule has 0 radical (unpaired) electrons. The van der Waals surface area contributed by atoms with Crippen LogP contribution in [0.5, 0.6) is 0 Å². The van der Waals surface area contributed by atoms with Gasteiger partial charge in [-0.1, -0.05) is 72.4 Å². The predicted molar refractivity (Wildman–Crippen MR) is 104 cm³/mol. The molecule has 1 unspecified atom stereocenters. The van der Waals surface area contributed by atoms with Gasteiger partial charge in [0.05, 0.1) is 5.92 Å². The molecule has 23 heavy (non-hydrogen) atoms. The van der Waals surface area contributed by atoms with Gasteiger partial charge in [-0.15, -0.1) is 17.0 Å². The van der Waals surface area contributed by atoms with Crippen LogP contribution >= 0.6 is 28.7 Å². The van der Waals surface area contributed by atoms with Gasteiger partial charge in [-0.05, 0) is 11.1 Å². The molecule has 1 saturated heterocycles. The van der Waals surface area contributed by atoms with Crippen molar-refractivity contribution in [3.8, 4) is 0 Å². The van der Waals surface area contributed by atoms with Crippen LogP contribution in [0.4, 0.5) is 0 Å². The highest BCUT2D eigenvalue weighted by Gasteiger charge is 2.48. The Hall–Kier alpha value is -1.30. The third-order valence-electron chi connectivity index (χ3n) is 4.20. The average molecular weight is 393 g/mol. The average Bonchev–Trinajstić information content (AvgIpc) is 2.85.